The molecular weight excluding hydrogens is 166 g/mol. The van der Waals surface area contributed by atoms with Gasteiger partial charge in [0.25, 0.3) is 0 Å². The summed E-state index contributed by atoms with van der Waals surface area (Å²) >= 11 is 3.78. The Morgan fingerprint density at radius 3 is 2.17 bits per heavy atom. The average Bonchev–Trinajstić information content (AvgIpc) is 2.11. The van der Waals surface area contributed by atoms with Crippen molar-refractivity contribution in [2.45, 2.75) is 26.7 Å². The van der Waals surface area contributed by atoms with Crippen LogP contribution in [-0.4, -0.2) is 18.0 Å². The van der Waals surface area contributed by atoms with E-state index in [0.29, 0.717) is 0 Å². The maximum absolute atomic E-state index is 3.78. The molecule has 0 saturated heterocycles. The van der Waals surface area contributed by atoms with Crippen LogP contribution in [0.2, 0.25) is 0 Å². The van der Waals surface area contributed by atoms with Crippen LogP contribution in [0.1, 0.15) is 26.7 Å². The highest BCUT2D eigenvalue weighted by atomic mass is 32.1. The lowest BCUT2D eigenvalue weighted by Gasteiger charge is -2.10. The fourth-order valence-electron chi connectivity index (χ4n) is 0.730. The number of rotatable bonds is 3. The van der Waals surface area contributed by atoms with E-state index in [1.165, 1.54) is 0 Å². The summed E-state index contributed by atoms with van der Waals surface area (Å²) in [7, 11) is 0. The Morgan fingerprint density at radius 1 is 1.08 bits per heavy atom. The van der Waals surface area contributed by atoms with Crippen molar-refractivity contribution in [2.24, 2.45) is 0 Å². The van der Waals surface area contributed by atoms with Crippen LogP contribution in [0.25, 0.3) is 0 Å². The zero-order chi connectivity index (χ0) is 9.23. The third kappa shape index (κ3) is 6.01. The quantitative estimate of drug-likeness (QED) is 0.301. The Labute approximate surface area is 80.9 Å². The molecule has 0 rings (SSSR count). The molecule has 0 spiro atoms. The van der Waals surface area contributed by atoms with Crippen LogP contribution in [0.3, 0.4) is 0 Å². The molecule has 0 aliphatic heterocycles. The highest BCUT2D eigenvalue weighted by molar-refractivity contribution is 7.85. The van der Waals surface area contributed by atoms with Crippen molar-refractivity contribution in [2.75, 3.05) is 13.1 Å². The van der Waals surface area contributed by atoms with Gasteiger partial charge in [0.15, 0.2) is 0 Å². The number of nitrogens with zero attached hydrogens (tertiary/aromatic N) is 1. The molecule has 66 valence electrons. The van der Waals surface area contributed by atoms with E-state index in [2.05, 4.69) is 54.5 Å². The standard InChI is InChI=1S/C10H15NS/c1-3-11(4-2)9-7-5-6-8-10-12/h12H,3-6H2,1-2H3. The lowest BCUT2D eigenvalue weighted by Crippen LogP contribution is -2.15. The first-order valence-electron chi connectivity index (χ1n) is 4.20. The van der Waals surface area contributed by atoms with Gasteiger partial charge in [0, 0.05) is 32.0 Å². The second-order valence-electron chi connectivity index (χ2n) is 2.25. The third-order valence-electron chi connectivity index (χ3n) is 1.45. The van der Waals surface area contributed by atoms with Crippen LogP contribution in [-0.2, 0) is 0 Å². The Bertz CT molecular complexity index is 209. The lowest BCUT2D eigenvalue weighted by molar-refractivity contribution is 0.443. The van der Waals surface area contributed by atoms with Crippen LogP contribution < -0.4 is 0 Å². The fraction of sp³-hybridized carbons (Fsp3) is 0.600. The van der Waals surface area contributed by atoms with E-state index in [9.17, 15) is 0 Å². The van der Waals surface area contributed by atoms with Crippen molar-refractivity contribution in [1.29, 1.82) is 0 Å². The molecule has 0 aromatic carbocycles. The molecule has 0 N–H and O–H groups in total. The SMILES string of the molecule is CCN(C#CCCC#CS)CC. The van der Waals surface area contributed by atoms with Gasteiger partial charge >= 0.3 is 0 Å². The van der Waals surface area contributed by atoms with Crippen LogP contribution >= 0.6 is 12.6 Å². The van der Waals surface area contributed by atoms with Gasteiger partial charge < -0.3 is 4.90 Å². The zero-order valence-electron chi connectivity index (χ0n) is 7.72. The molecule has 0 aliphatic rings. The number of thiol groups is 1. The van der Waals surface area contributed by atoms with Gasteiger partial charge in [-0.05, 0) is 19.1 Å². The van der Waals surface area contributed by atoms with Crippen molar-refractivity contribution in [3.63, 3.8) is 0 Å². The van der Waals surface area contributed by atoms with Crippen LogP contribution in [0.5, 0.6) is 0 Å². The minimum absolute atomic E-state index is 0.817. The van der Waals surface area contributed by atoms with Gasteiger partial charge in [0.2, 0.25) is 0 Å². The summed E-state index contributed by atoms with van der Waals surface area (Å²) < 4.78 is 0. The summed E-state index contributed by atoms with van der Waals surface area (Å²) in [6, 6.07) is 3.07. The van der Waals surface area contributed by atoms with Crippen molar-refractivity contribution >= 4 is 12.6 Å². The van der Waals surface area contributed by atoms with E-state index in [-0.39, 0.29) is 0 Å². The predicted octanol–water partition coefficient (Wildman–Crippen LogP) is 1.96. The van der Waals surface area contributed by atoms with Gasteiger partial charge in [-0.1, -0.05) is 24.5 Å². The summed E-state index contributed by atoms with van der Waals surface area (Å²) in [6.07, 6.45) is 1.65. The van der Waals surface area contributed by atoms with Crippen LogP contribution in [0.4, 0.5) is 0 Å². The van der Waals surface area contributed by atoms with Crippen molar-refractivity contribution in [3.8, 4) is 23.1 Å². The molecule has 1 nitrogen and oxygen atoms in total. The van der Waals surface area contributed by atoms with Gasteiger partial charge in [-0.25, -0.2) is 0 Å². The fourth-order valence-corrected chi connectivity index (χ4v) is 0.842. The van der Waals surface area contributed by atoms with Gasteiger partial charge in [0.05, 0.1) is 0 Å². The van der Waals surface area contributed by atoms with Crippen LogP contribution in [0.15, 0.2) is 0 Å². The lowest BCUT2D eigenvalue weighted by atomic mass is 10.3. The largest absolute Gasteiger partial charge is 0.333 e. The smallest absolute Gasteiger partial charge is 0.0232 e. The van der Waals surface area contributed by atoms with E-state index in [0.717, 1.165) is 25.9 Å². The molecule has 0 saturated carbocycles. The van der Waals surface area contributed by atoms with E-state index in [1.807, 2.05) is 0 Å². The Hall–Kier alpha value is -0.730. The normalized spacial score (nSPS) is 7.58. The summed E-state index contributed by atoms with van der Waals surface area (Å²) in [6.45, 7) is 6.18. The van der Waals surface area contributed by atoms with Gasteiger partial charge in [-0.2, -0.15) is 0 Å². The summed E-state index contributed by atoms with van der Waals surface area (Å²) in [5.74, 6) is 5.91. The second-order valence-corrected chi connectivity index (χ2v) is 2.47. The first-order valence-corrected chi connectivity index (χ1v) is 4.65. The van der Waals surface area contributed by atoms with Crippen molar-refractivity contribution in [1.82, 2.24) is 4.90 Å². The van der Waals surface area contributed by atoms with Crippen molar-refractivity contribution < 1.29 is 0 Å². The first kappa shape index (κ1) is 11.3. The Kier molecular flexibility index (Phi) is 7.86. The van der Waals surface area contributed by atoms with Gasteiger partial charge in [-0.3, -0.25) is 0 Å². The Balaban J connectivity index is 3.60. The van der Waals surface area contributed by atoms with Crippen LogP contribution in [0, 0.1) is 23.1 Å². The van der Waals surface area contributed by atoms with E-state index in [4.69, 9.17) is 0 Å². The molecule has 0 radical (unpaired) electrons. The molecular formula is C10H15NS. The molecule has 0 amide bonds. The topological polar surface area (TPSA) is 3.24 Å². The maximum Gasteiger partial charge on any atom is 0.0232 e. The molecule has 0 aliphatic carbocycles. The summed E-state index contributed by atoms with van der Waals surface area (Å²) in [5, 5.41) is 2.55. The number of hydrogen-bond donors (Lipinski definition) is 1. The molecule has 0 aromatic heterocycles. The molecule has 2 heteroatoms. The highest BCUT2D eigenvalue weighted by Crippen LogP contribution is 1.86. The predicted molar refractivity (Wildman–Crippen MR) is 56.7 cm³/mol. The molecule has 0 heterocycles. The minimum Gasteiger partial charge on any atom is -0.333 e. The van der Waals surface area contributed by atoms with Gasteiger partial charge in [-0.15, -0.1) is 0 Å². The third-order valence-corrected chi connectivity index (χ3v) is 1.61. The van der Waals surface area contributed by atoms with E-state index < -0.39 is 0 Å². The molecule has 12 heavy (non-hydrogen) atoms. The summed E-state index contributed by atoms with van der Waals surface area (Å²) in [5.41, 5.74) is 0. The van der Waals surface area contributed by atoms with Crippen molar-refractivity contribution in [3.05, 3.63) is 0 Å². The maximum atomic E-state index is 3.78. The second kappa shape index (κ2) is 8.37. The monoisotopic (exact) mass is 181 g/mol. The van der Waals surface area contributed by atoms with E-state index >= 15 is 0 Å². The summed E-state index contributed by atoms with van der Waals surface area (Å²) in [4.78, 5) is 2.08. The average molecular weight is 181 g/mol. The van der Waals surface area contributed by atoms with Gasteiger partial charge in [0.1, 0.15) is 0 Å². The Morgan fingerprint density at radius 2 is 1.67 bits per heavy atom. The van der Waals surface area contributed by atoms with E-state index in [1.54, 1.807) is 0 Å². The molecule has 0 aromatic rings. The molecule has 0 atom stereocenters. The first-order chi connectivity index (χ1) is 5.85. The zero-order valence-corrected chi connectivity index (χ0v) is 8.62. The number of hydrogen-bond acceptors (Lipinski definition) is 2. The molecule has 0 unspecified atom stereocenters. The highest BCUT2D eigenvalue weighted by Gasteiger charge is 1.86. The molecule has 0 fully saturated rings. The molecule has 0 bridgehead atoms. The minimum atomic E-state index is 0.817. The number of unbranched alkanes of at least 4 members (excludes halogenated alkanes) is 1.